The topological polar surface area (TPSA) is 32.3 Å². The Morgan fingerprint density at radius 3 is 2.27 bits per heavy atom. The third-order valence-corrected chi connectivity index (χ3v) is 2.01. The molecule has 0 heterocycles. The summed E-state index contributed by atoms with van der Waals surface area (Å²) in [6.45, 7) is 0.539. The maximum Gasteiger partial charge on any atom is 0.137 e. The van der Waals surface area contributed by atoms with Crippen LogP contribution in [-0.4, -0.2) is 43.1 Å². The van der Waals surface area contributed by atoms with Gasteiger partial charge < -0.3 is 5.21 Å². The molecular formula is C5H13B4NO. The van der Waals surface area contributed by atoms with Gasteiger partial charge in [0.1, 0.15) is 31.4 Å². The molecule has 0 aliphatic carbocycles. The second kappa shape index (κ2) is 5.33. The molecule has 0 aromatic heterocycles. The van der Waals surface area contributed by atoms with Crippen LogP contribution in [0.4, 0.5) is 0 Å². The zero-order valence-electron chi connectivity index (χ0n) is 7.73. The van der Waals surface area contributed by atoms with Gasteiger partial charge in [0.25, 0.3) is 0 Å². The van der Waals surface area contributed by atoms with E-state index >= 15 is 0 Å². The fourth-order valence-corrected chi connectivity index (χ4v) is 0.804. The first-order valence-electron chi connectivity index (χ1n) is 3.80. The Bertz CT molecular complexity index is 189. The summed E-state index contributed by atoms with van der Waals surface area (Å²) in [7, 11) is 8.14. The SMILES string of the molecule is B/C=C(B)/C(B)=C(/B)CNO. The molecule has 0 rings (SSSR count). The minimum absolute atomic E-state index is 0.539. The lowest BCUT2D eigenvalue weighted by Crippen LogP contribution is -2.14. The summed E-state index contributed by atoms with van der Waals surface area (Å²) in [6, 6.07) is 0. The second-order valence-electron chi connectivity index (χ2n) is 2.71. The van der Waals surface area contributed by atoms with Crippen LogP contribution in [0.1, 0.15) is 0 Å². The molecule has 0 bridgehead atoms. The first-order chi connectivity index (χ1) is 5.13. The van der Waals surface area contributed by atoms with Crippen molar-refractivity contribution in [3.05, 3.63) is 22.4 Å². The molecule has 0 aliphatic heterocycles. The average molecular weight is 146 g/mol. The molecule has 0 aromatic rings. The van der Waals surface area contributed by atoms with Gasteiger partial charge in [0.15, 0.2) is 0 Å². The van der Waals surface area contributed by atoms with Gasteiger partial charge in [-0.25, -0.2) is 5.48 Å². The number of hydrogen-bond donors (Lipinski definition) is 2. The van der Waals surface area contributed by atoms with Crippen molar-refractivity contribution in [1.82, 2.24) is 5.48 Å². The molecule has 0 unspecified atom stereocenters. The van der Waals surface area contributed by atoms with Crippen molar-refractivity contribution in [2.45, 2.75) is 0 Å². The van der Waals surface area contributed by atoms with E-state index in [2.05, 4.69) is 27.1 Å². The first-order valence-corrected chi connectivity index (χ1v) is 3.80. The van der Waals surface area contributed by atoms with Gasteiger partial charge in [-0.05, 0) is 0 Å². The van der Waals surface area contributed by atoms with Crippen molar-refractivity contribution in [2.75, 3.05) is 6.54 Å². The van der Waals surface area contributed by atoms with Crippen molar-refractivity contribution >= 4 is 31.4 Å². The highest BCUT2D eigenvalue weighted by Crippen LogP contribution is 2.03. The van der Waals surface area contributed by atoms with Gasteiger partial charge in [0.05, 0.1) is 0 Å². The number of nitrogens with one attached hydrogen (secondary N) is 1. The van der Waals surface area contributed by atoms with E-state index in [0.717, 1.165) is 0 Å². The van der Waals surface area contributed by atoms with Crippen LogP contribution in [0.3, 0.4) is 0 Å². The predicted octanol–water partition coefficient (Wildman–Crippen LogP) is -3.45. The monoisotopic (exact) mass is 147 g/mol. The Balaban J connectivity index is 4.39. The van der Waals surface area contributed by atoms with Crippen LogP contribution >= 0.6 is 0 Å². The third-order valence-electron chi connectivity index (χ3n) is 2.01. The average Bonchev–Trinajstić information content (AvgIpc) is 2.02. The first kappa shape index (κ1) is 10.7. The van der Waals surface area contributed by atoms with Crippen LogP contribution in [-0.2, 0) is 0 Å². The predicted molar refractivity (Wildman–Crippen MR) is 59.1 cm³/mol. The summed E-state index contributed by atoms with van der Waals surface area (Å²) in [5.41, 5.74) is 5.82. The Morgan fingerprint density at radius 2 is 1.91 bits per heavy atom. The molecular weight excluding hydrogens is 133 g/mol. The summed E-state index contributed by atoms with van der Waals surface area (Å²) < 4.78 is 0. The highest BCUT2D eigenvalue weighted by molar-refractivity contribution is 6.42. The molecule has 0 aliphatic rings. The molecule has 2 nitrogen and oxygen atoms in total. The normalized spacial score (nSPS) is 14.5. The molecule has 0 radical (unpaired) electrons. The van der Waals surface area contributed by atoms with Crippen molar-refractivity contribution in [2.24, 2.45) is 0 Å². The zero-order chi connectivity index (χ0) is 8.85. The molecule has 6 heteroatoms. The minimum Gasteiger partial charge on any atom is -0.317 e. The third kappa shape index (κ3) is 3.54. The van der Waals surface area contributed by atoms with Crippen LogP contribution in [0.15, 0.2) is 22.4 Å². The van der Waals surface area contributed by atoms with E-state index in [0.29, 0.717) is 6.54 Å². The number of allylic oxidation sites excluding steroid dienone is 2. The molecule has 0 spiro atoms. The lowest BCUT2D eigenvalue weighted by molar-refractivity contribution is 0.178. The van der Waals surface area contributed by atoms with Crippen molar-refractivity contribution in [1.29, 1.82) is 0 Å². The maximum atomic E-state index is 8.44. The molecule has 2 N–H and O–H groups in total. The molecule has 56 valence electrons. The number of hydroxylamine groups is 1. The number of hydrogen-bond acceptors (Lipinski definition) is 2. The van der Waals surface area contributed by atoms with E-state index in [1.807, 2.05) is 15.7 Å². The van der Waals surface area contributed by atoms with Gasteiger partial charge in [0.2, 0.25) is 0 Å². The fraction of sp³-hybridized carbons (Fsp3) is 0.200. The van der Waals surface area contributed by atoms with E-state index in [1.165, 1.54) is 16.4 Å². The van der Waals surface area contributed by atoms with E-state index in [-0.39, 0.29) is 0 Å². The molecule has 0 saturated carbocycles. The minimum atomic E-state index is 0.539. The van der Waals surface area contributed by atoms with Gasteiger partial charge in [-0.2, -0.15) is 0 Å². The van der Waals surface area contributed by atoms with Crippen LogP contribution in [0, 0.1) is 0 Å². The smallest absolute Gasteiger partial charge is 0.137 e. The molecule has 0 fully saturated rings. The standard InChI is InChI=1S/C5H13B4NO/c6-1-3(7)5(9)4(8)2-10-11/h1,10-11H,2,6-9H2/b3-1-,5-4-. The zero-order valence-corrected chi connectivity index (χ0v) is 7.73. The second-order valence-corrected chi connectivity index (χ2v) is 2.71. The summed E-state index contributed by atoms with van der Waals surface area (Å²) in [5, 5.41) is 8.44. The van der Waals surface area contributed by atoms with E-state index in [4.69, 9.17) is 5.21 Å². The summed E-state index contributed by atoms with van der Waals surface area (Å²) in [5.74, 6) is 2.07. The number of rotatable bonds is 3. The summed E-state index contributed by atoms with van der Waals surface area (Å²) in [4.78, 5) is 0. The molecule has 0 atom stereocenters. The van der Waals surface area contributed by atoms with Crippen LogP contribution < -0.4 is 5.48 Å². The lowest BCUT2D eigenvalue weighted by atomic mass is 9.69. The molecule has 0 saturated heterocycles. The highest BCUT2D eigenvalue weighted by atomic mass is 16.5. The summed E-state index contributed by atoms with van der Waals surface area (Å²) >= 11 is 0. The van der Waals surface area contributed by atoms with Crippen molar-refractivity contribution < 1.29 is 5.21 Å². The Morgan fingerprint density at radius 1 is 1.36 bits per heavy atom. The van der Waals surface area contributed by atoms with Gasteiger partial charge in [-0.3, -0.25) is 0 Å². The Kier molecular flexibility index (Phi) is 5.16. The van der Waals surface area contributed by atoms with Gasteiger partial charge in [-0.1, -0.05) is 0 Å². The van der Waals surface area contributed by atoms with Crippen LogP contribution in [0.2, 0.25) is 0 Å². The molecule has 11 heavy (non-hydrogen) atoms. The van der Waals surface area contributed by atoms with Crippen LogP contribution in [0.5, 0.6) is 0 Å². The van der Waals surface area contributed by atoms with E-state index in [9.17, 15) is 0 Å². The lowest BCUT2D eigenvalue weighted by Gasteiger charge is -2.07. The van der Waals surface area contributed by atoms with E-state index in [1.54, 1.807) is 0 Å². The van der Waals surface area contributed by atoms with Gasteiger partial charge in [0, 0.05) is 6.54 Å². The largest absolute Gasteiger partial charge is 0.317 e. The summed E-state index contributed by atoms with van der Waals surface area (Å²) in [6.07, 6.45) is 0. The van der Waals surface area contributed by atoms with Gasteiger partial charge in [-0.15, -0.1) is 22.4 Å². The van der Waals surface area contributed by atoms with Gasteiger partial charge >= 0.3 is 0 Å². The fourth-order valence-electron chi connectivity index (χ4n) is 0.804. The van der Waals surface area contributed by atoms with Crippen molar-refractivity contribution in [3.63, 3.8) is 0 Å². The quantitative estimate of drug-likeness (QED) is 0.247. The van der Waals surface area contributed by atoms with E-state index < -0.39 is 0 Å². The highest BCUT2D eigenvalue weighted by Gasteiger charge is 1.96. The molecule has 0 amide bonds. The Labute approximate surface area is 71.7 Å². The van der Waals surface area contributed by atoms with Crippen LogP contribution in [0.25, 0.3) is 0 Å². The molecule has 0 aromatic carbocycles. The maximum absolute atomic E-state index is 8.44. The Hall–Kier alpha value is -0.340. The van der Waals surface area contributed by atoms with Crippen molar-refractivity contribution in [3.8, 4) is 0 Å².